The lowest BCUT2D eigenvalue weighted by Gasteiger charge is -2.60. The first-order chi connectivity index (χ1) is 14.5. The lowest BCUT2D eigenvalue weighted by Crippen LogP contribution is -2.58. The van der Waals surface area contributed by atoms with E-state index in [1.165, 1.54) is 18.4 Å². The van der Waals surface area contributed by atoms with Gasteiger partial charge in [0.2, 0.25) is 0 Å². The second-order valence-electron chi connectivity index (χ2n) is 12.0. The molecule has 0 radical (unpaired) electrons. The molecule has 0 bridgehead atoms. The van der Waals surface area contributed by atoms with Crippen LogP contribution in [0.4, 0.5) is 0 Å². The van der Waals surface area contributed by atoms with Crippen LogP contribution in [-0.4, -0.2) is 33.6 Å². The van der Waals surface area contributed by atoms with E-state index in [0.29, 0.717) is 42.4 Å². The van der Waals surface area contributed by atoms with Crippen LogP contribution in [0.1, 0.15) is 73.1 Å². The van der Waals surface area contributed by atoms with E-state index < -0.39 is 18.3 Å². The minimum Gasteiger partial charge on any atom is -0.393 e. The van der Waals surface area contributed by atoms with Crippen LogP contribution in [0.25, 0.3) is 0 Å². The maximum absolute atomic E-state index is 11.3. The Labute approximate surface area is 189 Å². The molecular formula is C28H44O3. The summed E-state index contributed by atoms with van der Waals surface area (Å²) in [5, 5.41) is 32.6. The number of rotatable bonds is 4. The highest BCUT2D eigenvalue weighted by atomic mass is 16.3. The molecule has 0 spiro atoms. The highest BCUT2D eigenvalue weighted by Gasteiger charge is 2.62. The Morgan fingerprint density at radius 1 is 1.10 bits per heavy atom. The van der Waals surface area contributed by atoms with Crippen molar-refractivity contribution in [2.45, 2.75) is 91.5 Å². The Bertz CT molecular complexity index is 766. The molecule has 0 heterocycles. The van der Waals surface area contributed by atoms with Gasteiger partial charge < -0.3 is 15.3 Å². The largest absolute Gasteiger partial charge is 0.393 e. The maximum Gasteiger partial charge on any atom is 0.0757 e. The molecule has 0 saturated heterocycles. The Morgan fingerprint density at radius 2 is 1.81 bits per heavy atom. The standard InChI is InChI=1S/C28H44O3/c1-16(2)17(3)7-8-18(4)21-9-10-22-26-23(11-12-27(21,22)5)28(6)19(14-24(26)30)13-20(29)15-25(28)31/h7-8,14,16,18,20-26,29-31H,3,9-13,15H2,1-2,4-6H3/b8-7+/t18-,20-,21-,22+,23+,24+,25+,26+,27-,28+/m1/s1. The zero-order valence-corrected chi connectivity index (χ0v) is 20.2. The molecule has 4 aliphatic carbocycles. The van der Waals surface area contributed by atoms with E-state index in [9.17, 15) is 15.3 Å². The SMILES string of the molecule is C=C(/C=C/[C@@H](C)[C@H]1CC[C@H]2[C@@H]3[C@@H](O)C=C4C[C@@H](O)C[C@H](O)[C@]4(C)[C@H]3CC[C@]12C)C(C)C. The van der Waals surface area contributed by atoms with Crippen molar-refractivity contribution in [2.24, 2.45) is 46.3 Å². The summed E-state index contributed by atoms with van der Waals surface area (Å²) < 4.78 is 0. The Hall–Kier alpha value is -0.900. The second kappa shape index (κ2) is 8.15. The highest BCUT2D eigenvalue weighted by molar-refractivity contribution is 5.30. The van der Waals surface area contributed by atoms with Gasteiger partial charge in [-0.25, -0.2) is 0 Å². The first-order valence-electron chi connectivity index (χ1n) is 12.6. The summed E-state index contributed by atoms with van der Waals surface area (Å²) in [6.45, 7) is 15.6. The summed E-state index contributed by atoms with van der Waals surface area (Å²) in [7, 11) is 0. The maximum atomic E-state index is 11.3. The first kappa shape index (κ1) is 23.3. The van der Waals surface area contributed by atoms with Crippen molar-refractivity contribution in [3.63, 3.8) is 0 Å². The van der Waals surface area contributed by atoms with Gasteiger partial charge in [0.25, 0.3) is 0 Å². The minimum atomic E-state index is -0.520. The van der Waals surface area contributed by atoms with Gasteiger partial charge in [0.05, 0.1) is 18.3 Å². The zero-order valence-electron chi connectivity index (χ0n) is 20.2. The van der Waals surface area contributed by atoms with E-state index in [-0.39, 0.29) is 16.7 Å². The molecule has 3 heteroatoms. The number of fused-ring (bicyclic) bond motifs is 5. The zero-order chi connectivity index (χ0) is 22.7. The van der Waals surface area contributed by atoms with E-state index in [2.05, 4.69) is 53.3 Å². The Kier molecular flexibility index (Phi) is 6.12. The summed E-state index contributed by atoms with van der Waals surface area (Å²) in [5.74, 6) is 2.60. The van der Waals surface area contributed by atoms with E-state index in [1.807, 2.05) is 6.08 Å². The van der Waals surface area contributed by atoms with Gasteiger partial charge in [-0.3, -0.25) is 0 Å². The van der Waals surface area contributed by atoms with Crippen molar-refractivity contribution in [3.05, 3.63) is 36.0 Å². The van der Waals surface area contributed by atoms with Crippen molar-refractivity contribution >= 4 is 0 Å². The molecule has 4 rings (SSSR count). The Balaban J connectivity index is 1.61. The predicted molar refractivity (Wildman–Crippen MR) is 126 cm³/mol. The van der Waals surface area contributed by atoms with Crippen molar-refractivity contribution in [3.8, 4) is 0 Å². The first-order valence-corrected chi connectivity index (χ1v) is 12.6. The third kappa shape index (κ3) is 3.60. The molecule has 0 amide bonds. The third-order valence-electron chi connectivity index (χ3n) is 10.3. The predicted octanol–water partition coefficient (Wildman–Crippen LogP) is 5.27. The summed E-state index contributed by atoms with van der Waals surface area (Å²) in [5.41, 5.74) is 2.21. The molecule has 0 aromatic heterocycles. The topological polar surface area (TPSA) is 60.7 Å². The van der Waals surface area contributed by atoms with Gasteiger partial charge in [0, 0.05) is 11.8 Å². The molecule has 3 N–H and O–H groups in total. The molecule has 3 fully saturated rings. The van der Waals surface area contributed by atoms with Gasteiger partial charge in [0.15, 0.2) is 0 Å². The van der Waals surface area contributed by atoms with Crippen LogP contribution >= 0.6 is 0 Å². The van der Waals surface area contributed by atoms with E-state index in [1.54, 1.807) is 0 Å². The normalized spacial score (nSPS) is 48.2. The van der Waals surface area contributed by atoms with Crippen LogP contribution in [0, 0.1) is 46.3 Å². The van der Waals surface area contributed by atoms with Crippen LogP contribution in [0.5, 0.6) is 0 Å². The molecule has 3 nitrogen and oxygen atoms in total. The fourth-order valence-corrected chi connectivity index (χ4v) is 8.20. The van der Waals surface area contributed by atoms with Gasteiger partial charge in [-0.1, -0.05) is 70.6 Å². The van der Waals surface area contributed by atoms with Gasteiger partial charge in [-0.2, -0.15) is 0 Å². The molecule has 4 aliphatic rings. The number of hydrogen-bond acceptors (Lipinski definition) is 3. The van der Waals surface area contributed by atoms with E-state index in [0.717, 1.165) is 18.4 Å². The average Bonchev–Trinajstić information content (AvgIpc) is 3.05. The van der Waals surface area contributed by atoms with Gasteiger partial charge in [-0.15, -0.1) is 0 Å². The lowest BCUT2D eigenvalue weighted by molar-refractivity contribution is -0.132. The molecule has 0 aromatic carbocycles. The van der Waals surface area contributed by atoms with Crippen LogP contribution in [0.2, 0.25) is 0 Å². The van der Waals surface area contributed by atoms with E-state index in [4.69, 9.17) is 0 Å². The van der Waals surface area contributed by atoms with Crippen molar-refractivity contribution in [2.75, 3.05) is 0 Å². The van der Waals surface area contributed by atoms with Crippen molar-refractivity contribution in [1.82, 2.24) is 0 Å². The van der Waals surface area contributed by atoms with Gasteiger partial charge in [0.1, 0.15) is 0 Å². The quantitative estimate of drug-likeness (QED) is 0.422. The number of hydrogen-bond donors (Lipinski definition) is 3. The second-order valence-corrected chi connectivity index (χ2v) is 12.0. The van der Waals surface area contributed by atoms with E-state index >= 15 is 0 Å². The molecule has 174 valence electrons. The fraction of sp³-hybridized carbons (Fsp3) is 0.786. The number of aliphatic hydroxyl groups excluding tert-OH is 3. The van der Waals surface area contributed by atoms with Gasteiger partial charge in [-0.05, 0) is 73.0 Å². The molecular weight excluding hydrogens is 384 g/mol. The molecule has 3 saturated carbocycles. The number of allylic oxidation sites excluding steroid dienone is 3. The smallest absolute Gasteiger partial charge is 0.0757 e. The lowest BCUT2D eigenvalue weighted by atomic mass is 9.45. The number of aliphatic hydroxyl groups is 3. The van der Waals surface area contributed by atoms with Crippen LogP contribution in [-0.2, 0) is 0 Å². The summed E-state index contributed by atoms with van der Waals surface area (Å²) in [4.78, 5) is 0. The molecule has 31 heavy (non-hydrogen) atoms. The van der Waals surface area contributed by atoms with Crippen LogP contribution in [0.3, 0.4) is 0 Å². The average molecular weight is 429 g/mol. The molecule has 10 atom stereocenters. The highest BCUT2D eigenvalue weighted by Crippen LogP contribution is 2.67. The summed E-state index contributed by atoms with van der Waals surface area (Å²) in [6, 6.07) is 0. The van der Waals surface area contributed by atoms with Crippen molar-refractivity contribution in [1.29, 1.82) is 0 Å². The monoisotopic (exact) mass is 428 g/mol. The summed E-state index contributed by atoms with van der Waals surface area (Å²) >= 11 is 0. The Morgan fingerprint density at radius 3 is 2.48 bits per heavy atom. The van der Waals surface area contributed by atoms with Crippen molar-refractivity contribution < 1.29 is 15.3 Å². The van der Waals surface area contributed by atoms with Gasteiger partial charge >= 0.3 is 0 Å². The molecule has 0 aliphatic heterocycles. The molecule has 0 unspecified atom stereocenters. The minimum absolute atomic E-state index is 0.212. The summed E-state index contributed by atoms with van der Waals surface area (Å²) in [6.07, 6.45) is 10.8. The van der Waals surface area contributed by atoms with Crippen LogP contribution in [0.15, 0.2) is 36.0 Å². The molecule has 0 aromatic rings. The third-order valence-corrected chi connectivity index (χ3v) is 10.3. The van der Waals surface area contributed by atoms with Crippen LogP contribution < -0.4 is 0 Å². The fourth-order valence-electron chi connectivity index (χ4n) is 8.20.